The summed E-state index contributed by atoms with van der Waals surface area (Å²) in [5.41, 5.74) is 8.53. The van der Waals surface area contributed by atoms with Crippen LogP contribution in [0.15, 0.2) is 12.1 Å². The van der Waals surface area contributed by atoms with Gasteiger partial charge in [0.05, 0.1) is 27.4 Å². The second kappa shape index (κ2) is 9.73. The van der Waals surface area contributed by atoms with Crippen molar-refractivity contribution >= 4 is 34.1 Å². The van der Waals surface area contributed by atoms with Crippen LogP contribution in [-0.4, -0.2) is 69.4 Å². The average molecular weight is 624 g/mol. The second-order valence-electron chi connectivity index (χ2n) is 12.6. The van der Waals surface area contributed by atoms with E-state index in [4.69, 9.17) is 27.8 Å². The van der Waals surface area contributed by atoms with Crippen LogP contribution in [0.25, 0.3) is 22.2 Å². The van der Waals surface area contributed by atoms with E-state index < -0.39 is 46.1 Å². The number of nitrogens with two attached hydrogens (primary N) is 2. The lowest BCUT2D eigenvalue weighted by Gasteiger charge is -2.33. The monoisotopic (exact) mass is 623 g/mol. The molecule has 2 unspecified atom stereocenters. The summed E-state index contributed by atoms with van der Waals surface area (Å²) in [6.07, 6.45) is -1.51. The summed E-state index contributed by atoms with van der Waals surface area (Å²) in [5, 5.41) is -0.0759. The SMILES string of the molecule is Cc1cc(N)nc(-c2c(Cl)cc3c(N4CC5(N)CC[C@@H]4C5)nc(OC[C@]45CCCN4CC(F)C5)nc3c2F)c1C(F)(F)F. The molecule has 0 amide bonds. The van der Waals surface area contributed by atoms with Crippen LogP contribution in [-0.2, 0) is 6.18 Å². The van der Waals surface area contributed by atoms with Crippen LogP contribution in [0.3, 0.4) is 0 Å². The molecular formula is C29H31ClF5N7O. The van der Waals surface area contributed by atoms with Crippen molar-refractivity contribution < 1.29 is 26.7 Å². The molecule has 0 radical (unpaired) electrons. The Bertz CT molecular complexity index is 1640. The van der Waals surface area contributed by atoms with Gasteiger partial charge in [-0.2, -0.15) is 23.1 Å². The highest BCUT2D eigenvalue weighted by Gasteiger charge is 2.50. The summed E-state index contributed by atoms with van der Waals surface area (Å²) >= 11 is 6.56. The molecule has 3 aromatic rings. The predicted molar refractivity (Wildman–Crippen MR) is 152 cm³/mol. The maximum atomic E-state index is 16.6. The summed E-state index contributed by atoms with van der Waals surface area (Å²) in [4.78, 5) is 17.0. The van der Waals surface area contributed by atoms with Crippen LogP contribution in [0.5, 0.6) is 6.01 Å². The molecule has 1 aliphatic carbocycles. The van der Waals surface area contributed by atoms with E-state index in [0.29, 0.717) is 25.3 Å². The highest BCUT2D eigenvalue weighted by molar-refractivity contribution is 6.34. The molecule has 43 heavy (non-hydrogen) atoms. The van der Waals surface area contributed by atoms with E-state index in [1.54, 1.807) is 0 Å². The Morgan fingerprint density at radius 3 is 2.65 bits per heavy atom. The number of halogens is 6. The molecule has 1 aromatic carbocycles. The second-order valence-corrected chi connectivity index (χ2v) is 13.0. The molecule has 5 heterocycles. The lowest BCUT2D eigenvalue weighted by Crippen LogP contribution is -2.45. The third-order valence-electron chi connectivity index (χ3n) is 9.65. The van der Waals surface area contributed by atoms with Crippen LogP contribution >= 0.6 is 11.6 Å². The Morgan fingerprint density at radius 2 is 1.95 bits per heavy atom. The Balaban J connectivity index is 1.39. The number of pyridine rings is 1. The van der Waals surface area contributed by atoms with Crippen LogP contribution < -0.4 is 21.1 Å². The average Bonchev–Trinajstić information content (AvgIpc) is 3.64. The van der Waals surface area contributed by atoms with Gasteiger partial charge >= 0.3 is 12.2 Å². The number of nitrogens with zero attached hydrogens (tertiary/aromatic N) is 5. The van der Waals surface area contributed by atoms with Gasteiger partial charge in [0.25, 0.3) is 0 Å². The van der Waals surface area contributed by atoms with Crippen molar-refractivity contribution in [3.63, 3.8) is 0 Å². The van der Waals surface area contributed by atoms with Crippen LogP contribution in [0.4, 0.5) is 33.6 Å². The van der Waals surface area contributed by atoms with E-state index in [1.165, 1.54) is 13.0 Å². The van der Waals surface area contributed by atoms with Crippen molar-refractivity contribution in [2.45, 2.75) is 74.9 Å². The Hall–Kier alpha value is -3.03. The largest absolute Gasteiger partial charge is 0.461 e. The fraction of sp³-hybridized carbons (Fsp3) is 0.552. The molecule has 0 spiro atoms. The number of hydrogen-bond acceptors (Lipinski definition) is 8. The van der Waals surface area contributed by atoms with Gasteiger partial charge in [-0.1, -0.05) is 11.6 Å². The van der Waals surface area contributed by atoms with Crippen molar-refractivity contribution in [1.29, 1.82) is 0 Å². The maximum Gasteiger partial charge on any atom is 0.418 e. The summed E-state index contributed by atoms with van der Waals surface area (Å²) in [6.45, 7) is 2.86. The molecule has 7 rings (SSSR count). The Morgan fingerprint density at radius 1 is 1.16 bits per heavy atom. The van der Waals surface area contributed by atoms with E-state index in [9.17, 15) is 17.6 Å². The van der Waals surface area contributed by atoms with Crippen molar-refractivity contribution in [3.8, 4) is 17.3 Å². The first kappa shape index (κ1) is 28.7. The van der Waals surface area contributed by atoms with Gasteiger partial charge in [-0.05, 0) is 63.3 Å². The minimum atomic E-state index is -4.86. The minimum absolute atomic E-state index is 0.0404. The number of piperidine rings is 1. The molecule has 2 bridgehead atoms. The predicted octanol–water partition coefficient (Wildman–Crippen LogP) is 5.42. The zero-order chi connectivity index (χ0) is 30.5. The number of fused-ring (bicyclic) bond motifs is 4. The highest BCUT2D eigenvalue weighted by Crippen LogP contribution is 2.47. The van der Waals surface area contributed by atoms with Crippen molar-refractivity contribution in [1.82, 2.24) is 19.9 Å². The smallest absolute Gasteiger partial charge is 0.418 e. The molecule has 14 heteroatoms. The number of aryl methyl sites for hydroxylation is 1. The molecule has 4 aliphatic rings. The zero-order valence-electron chi connectivity index (χ0n) is 23.4. The highest BCUT2D eigenvalue weighted by atomic mass is 35.5. The van der Waals surface area contributed by atoms with Crippen LogP contribution in [0, 0.1) is 12.7 Å². The summed E-state index contributed by atoms with van der Waals surface area (Å²) in [5.74, 6) is -0.975. The first-order chi connectivity index (χ1) is 20.3. The normalized spacial score (nSPS) is 28.8. The van der Waals surface area contributed by atoms with E-state index in [-0.39, 0.29) is 46.0 Å². The van der Waals surface area contributed by atoms with E-state index in [2.05, 4.69) is 19.9 Å². The van der Waals surface area contributed by atoms with Gasteiger partial charge in [-0.3, -0.25) is 4.90 Å². The van der Waals surface area contributed by atoms with Crippen molar-refractivity contribution in [2.24, 2.45) is 5.73 Å². The van der Waals surface area contributed by atoms with Gasteiger partial charge in [0, 0.05) is 36.5 Å². The molecule has 3 aliphatic heterocycles. The lowest BCUT2D eigenvalue weighted by atomic mass is 9.95. The number of anilines is 2. The molecule has 4 N–H and O–H groups in total. The third-order valence-corrected chi connectivity index (χ3v) is 9.94. The molecule has 4 fully saturated rings. The van der Waals surface area contributed by atoms with Gasteiger partial charge in [0.15, 0.2) is 5.82 Å². The van der Waals surface area contributed by atoms with Crippen molar-refractivity contribution in [3.05, 3.63) is 34.1 Å². The summed E-state index contributed by atoms with van der Waals surface area (Å²) < 4.78 is 79.7. The Kier molecular flexibility index (Phi) is 6.50. The van der Waals surface area contributed by atoms with E-state index in [1.807, 2.05) is 4.90 Å². The first-order valence-corrected chi connectivity index (χ1v) is 14.8. The number of benzene rings is 1. The van der Waals surface area contributed by atoms with Gasteiger partial charge in [0.1, 0.15) is 29.9 Å². The number of alkyl halides is 4. The maximum absolute atomic E-state index is 16.6. The summed E-state index contributed by atoms with van der Waals surface area (Å²) in [6, 6.07) is 2.33. The molecule has 8 nitrogen and oxygen atoms in total. The molecule has 2 aromatic heterocycles. The standard InChI is InChI=1S/C29H31ClF5N7O/c1-14-7-19(36)38-24(21(14)29(33,34)35)20-18(30)8-17-23(22(20)32)39-26(40-25(17)42-12-27(37)5-3-16(42)10-27)43-13-28-4-2-6-41(28)11-15(31)9-28/h7-8,15-16H,2-6,9-13,37H2,1H3,(H2,36,38)/t15?,16-,27?,28-/m1/s1. The number of aromatic nitrogens is 3. The summed E-state index contributed by atoms with van der Waals surface area (Å²) in [7, 11) is 0. The number of rotatable bonds is 5. The van der Waals surface area contributed by atoms with Crippen LogP contribution in [0.1, 0.15) is 49.7 Å². The lowest BCUT2D eigenvalue weighted by molar-refractivity contribution is -0.137. The zero-order valence-corrected chi connectivity index (χ0v) is 24.2. The van der Waals surface area contributed by atoms with Crippen molar-refractivity contribution in [2.75, 3.05) is 36.9 Å². The van der Waals surface area contributed by atoms with E-state index >= 15 is 4.39 Å². The molecule has 3 saturated heterocycles. The Labute approximate surface area is 249 Å². The van der Waals surface area contributed by atoms with E-state index in [0.717, 1.165) is 44.7 Å². The third kappa shape index (κ3) is 4.65. The number of ether oxygens (including phenoxy) is 1. The number of nitrogen functional groups attached to an aromatic ring is 1. The topological polar surface area (TPSA) is 106 Å². The van der Waals surface area contributed by atoms with Crippen LogP contribution in [0.2, 0.25) is 5.02 Å². The molecule has 4 atom stereocenters. The van der Waals surface area contributed by atoms with Gasteiger partial charge in [-0.15, -0.1) is 0 Å². The quantitative estimate of drug-likeness (QED) is 0.363. The fourth-order valence-corrected chi connectivity index (χ4v) is 8.08. The van der Waals surface area contributed by atoms with Gasteiger partial charge < -0.3 is 21.1 Å². The minimum Gasteiger partial charge on any atom is -0.461 e. The van der Waals surface area contributed by atoms with Gasteiger partial charge in [-0.25, -0.2) is 13.8 Å². The first-order valence-electron chi connectivity index (χ1n) is 14.4. The van der Waals surface area contributed by atoms with Gasteiger partial charge in [0.2, 0.25) is 0 Å². The fourth-order valence-electron chi connectivity index (χ4n) is 7.80. The molecule has 230 valence electrons. The number of hydrogen-bond donors (Lipinski definition) is 2. The molecular weight excluding hydrogens is 593 g/mol. The molecule has 1 saturated carbocycles.